The van der Waals surface area contributed by atoms with Crippen LogP contribution in [0.1, 0.15) is 149 Å². The summed E-state index contributed by atoms with van der Waals surface area (Å²) in [5.74, 6) is -3.40. The van der Waals surface area contributed by atoms with Crippen molar-refractivity contribution in [3.63, 3.8) is 0 Å². The minimum atomic E-state index is -2.05. The van der Waals surface area contributed by atoms with E-state index in [-0.39, 0.29) is 31.0 Å². The number of hydrogen-bond donors (Lipinski definition) is 3. The number of halogens is 1. The molecule has 0 aromatic carbocycles. The second-order valence-corrected chi connectivity index (χ2v) is 16.0. The summed E-state index contributed by atoms with van der Waals surface area (Å²) in [7, 11) is 0. The lowest BCUT2D eigenvalue weighted by atomic mass is 9.44. The van der Waals surface area contributed by atoms with Crippen molar-refractivity contribution in [1.82, 2.24) is 0 Å². The number of carboxylic acids is 1. The topological polar surface area (TPSA) is 138 Å². The predicted octanol–water partition coefficient (Wildman–Crippen LogP) is 7.77. The van der Waals surface area contributed by atoms with Gasteiger partial charge in [0.25, 0.3) is 0 Å². The first-order chi connectivity index (χ1) is 23.3. The number of aliphatic carboxylic acids is 1. The Morgan fingerprint density at radius 3 is 1.94 bits per heavy atom. The lowest BCUT2D eigenvalue weighted by Gasteiger charge is -2.62. The highest BCUT2D eigenvalue weighted by Gasteiger charge is 2.77. The van der Waals surface area contributed by atoms with Crippen molar-refractivity contribution in [2.45, 2.75) is 167 Å². The van der Waals surface area contributed by atoms with Crippen LogP contribution < -0.4 is 0 Å². The van der Waals surface area contributed by atoms with Gasteiger partial charge in [-0.05, 0) is 63.5 Å². The summed E-state index contributed by atoms with van der Waals surface area (Å²) in [4.78, 5) is 49.7. The van der Waals surface area contributed by atoms with E-state index in [0.29, 0.717) is 31.3 Å². The highest BCUT2D eigenvalue weighted by atomic mass is 19.1. The second-order valence-electron chi connectivity index (χ2n) is 16.0. The third kappa shape index (κ3) is 7.78. The Balaban J connectivity index is 1.25. The molecule has 3 N–H and O–H groups in total. The Labute approximate surface area is 292 Å². The molecule has 8 nitrogen and oxygen atoms in total. The van der Waals surface area contributed by atoms with Gasteiger partial charge in [-0.1, -0.05) is 103 Å². The van der Waals surface area contributed by atoms with E-state index in [4.69, 9.17) is 9.84 Å². The number of ether oxygens (including phenoxy) is 1. The van der Waals surface area contributed by atoms with Crippen LogP contribution in [0.5, 0.6) is 0 Å². The molecule has 9 heteroatoms. The Morgan fingerprint density at radius 2 is 1.41 bits per heavy atom. The Morgan fingerprint density at radius 1 is 0.878 bits per heavy atom. The molecule has 4 aliphatic rings. The number of rotatable bonds is 20. The number of carbonyl (C=O) groups excluding carboxylic acids is 3. The van der Waals surface area contributed by atoms with Crippen molar-refractivity contribution in [2.24, 2.45) is 28.6 Å². The van der Waals surface area contributed by atoms with Gasteiger partial charge in [-0.15, -0.1) is 0 Å². The second kappa shape index (κ2) is 16.8. The molecule has 49 heavy (non-hydrogen) atoms. The van der Waals surface area contributed by atoms with E-state index < -0.39 is 64.4 Å². The maximum atomic E-state index is 17.5. The Hall–Kier alpha value is -2.39. The number of allylic oxidation sites excluding steroid dienone is 4. The normalized spacial score (nSPS) is 34.9. The number of alkyl halides is 1. The molecular weight excluding hydrogens is 627 g/mol. The third-order valence-electron chi connectivity index (χ3n) is 13.0. The summed E-state index contributed by atoms with van der Waals surface area (Å²) >= 11 is 0. The average Bonchev–Trinajstić information content (AvgIpc) is 3.27. The fourth-order valence-corrected chi connectivity index (χ4v) is 10.4. The van der Waals surface area contributed by atoms with Crippen LogP contribution in [0.2, 0.25) is 0 Å². The van der Waals surface area contributed by atoms with Gasteiger partial charge in [0.2, 0.25) is 5.78 Å². The number of aliphatic hydroxyl groups excluding tert-OH is 2. The lowest BCUT2D eigenvalue weighted by molar-refractivity contribution is -0.228. The molecule has 3 fully saturated rings. The van der Waals surface area contributed by atoms with E-state index in [1.165, 1.54) is 50.7 Å². The van der Waals surface area contributed by atoms with Gasteiger partial charge in [0.1, 0.15) is 6.61 Å². The van der Waals surface area contributed by atoms with Crippen LogP contribution in [0.25, 0.3) is 0 Å². The number of aliphatic hydroxyl groups is 2. The standard InChI is InChI=1S/C40H61FO8/c1-28-24-32-31-21-20-29-25-30(43)22-23-37(29,2)39(31,41)33(44)26-38(32,3)40(28,34(45)27-42)49-36(48)19-17-15-13-11-9-7-5-4-6-8-10-12-14-16-18-35(46)47/h22-23,25,28,31-33,42,44H,4-21,24,26-27H2,1-3H3,(H,46,47)/t28-,31+,32+,33+,37+,38+,39+,40+/m1/s1. The van der Waals surface area contributed by atoms with Gasteiger partial charge >= 0.3 is 11.9 Å². The van der Waals surface area contributed by atoms with Gasteiger partial charge in [0.05, 0.1) is 6.10 Å². The van der Waals surface area contributed by atoms with E-state index in [0.717, 1.165) is 44.9 Å². The predicted molar refractivity (Wildman–Crippen MR) is 185 cm³/mol. The quantitative estimate of drug-likeness (QED) is 0.0871. The zero-order chi connectivity index (χ0) is 35.9. The highest BCUT2D eigenvalue weighted by Crippen LogP contribution is 2.71. The van der Waals surface area contributed by atoms with Crippen LogP contribution in [0.15, 0.2) is 23.8 Å². The number of ketones is 2. The van der Waals surface area contributed by atoms with E-state index >= 15 is 4.39 Å². The van der Waals surface area contributed by atoms with Crippen LogP contribution >= 0.6 is 0 Å². The van der Waals surface area contributed by atoms with Crippen LogP contribution in [0.3, 0.4) is 0 Å². The minimum Gasteiger partial charge on any atom is -0.481 e. The summed E-state index contributed by atoms with van der Waals surface area (Å²) in [6, 6.07) is 0. The number of carbonyl (C=O) groups is 4. The number of fused-ring (bicyclic) bond motifs is 5. The first kappa shape index (κ1) is 39.4. The molecule has 0 radical (unpaired) electrons. The summed E-state index contributed by atoms with van der Waals surface area (Å²) in [5, 5.41) is 30.5. The molecule has 0 aliphatic heterocycles. The monoisotopic (exact) mass is 688 g/mol. The smallest absolute Gasteiger partial charge is 0.306 e. The molecule has 0 heterocycles. The van der Waals surface area contributed by atoms with Crippen molar-refractivity contribution in [3.05, 3.63) is 23.8 Å². The van der Waals surface area contributed by atoms with Crippen molar-refractivity contribution in [3.8, 4) is 0 Å². The Bertz CT molecular complexity index is 1260. The molecule has 0 unspecified atom stereocenters. The molecule has 0 bridgehead atoms. The molecule has 0 amide bonds. The molecule has 0 aromatic rings. The third-order valence-corrected chi connectivity index (χ3v) is 13.0. The zero-order valence-electron chi connectivity index (χ0n) is 30.2. The minimum absolute atomic E-state index is 0.0900. The first-order valence-electron chi connectivity index (χ1n) is 19.2. The molecular formula is C40H61FO8. The molecule has 0 saturated heterocycles. The van der Waals surface area contributed by atoms with Crippen LogP contribution in [-0.2, 0) is 23.9 Å². The van der Waals surface area contributed by atoms with Gasteiger partial charge in [-0.3, -0.25) is 19.2 Å². The lowest BCUT2D eigenvalue weighted by Crippen LogP contribution is -2.70. The van der Waals surface area contributed by atoms with Gasteiger partial charge in [0, 0.05) is 35.5 Å². The Kier molecular flexibility index (Phi) is 13.5. The SMILES string of the molecule is C[C@@H]1C[C@H]2[C@@H]3CCC4=CC(=O)C=C[C@]4(C)[C@@]3(F)[C@@H](O)C[C@]2(C)[C@@]1(OC(=O)CCCCCCCCCCCCCCCCC(=O)O)C(=O)CO. The van der Waals surface area contributed by atoms with Gasteiger partial charge in [0.15, 0.2) is 17.1 Å². The van der Waals surface area contributed by atoms with Crippen LogP contribution in [-0.4, -0.2) is 62.8 Å². The number of hydrogen-bond acceptors (Lipinski definition) is 7. The molecule has 0 aromatic heterocycles. The van der Waals surface area contributed by atoms with Gasteiger partial charge < -0.3 is 20.1 Å². The summed E-state index contributed by atoms with van der Waals surface area (Å²) in [5.41, 5.74) is -5.22. The van der Waals surface area contributed by atoms with E-state index in [9.17, 15) is 29.4 Å². The van der Waals surface area contributed by atoms with Gasteiger partial charge in [-0.2, -0.15) is 0 Å². The maximum Gasteiger partial charge on any atom is 0.306 e. The number of carboxylic acid groups (broad SMARTS) is 1. The zero-order valence-corrected chi connectivity index (χ0v) is 30.2. The largest absolute Gasteiger partial charge is 0.481 e. The molecule has 4 aliphatic carbocycles. The summed E-state index contributed by atoms with van der Waals surface area (Å²) in [6.45, 7) is 4.63. The first-order valence-corrected chi connectivity index (χ1v) is 19.2. The number of Topliss-reactive ketones (excluding diaryl/α,β-unsaturated/α-hetero) is 1. The number of unbranched alkanes of at least 4 members (excludes halogenated alkanes) is 13. The van der Waals surface area contributed by atoms with Crippen molar-refractivity contribution < 1.29 is 43.6 Å². The fourth-order valence-electron chi connectivity index (χ4n) is 10.4. The molecule has 8 atom stereocenters. The maximum absolute atomic E-state index is 17.5. The van der Waals surface area contributed by atoms with Crippen molar-refractivity contribution >= 4 is 23.5 Å². The summed E-state index contributed by atoms with van der Waals surface area (Å²) < 4.78 is 23.7. The van der Waals surface area contributed by atoms with Crippen LogP contribution in [0.4, 0.5) is 4.39 Å². The van der Waals surface area contributed by atoms with Crippen LogP contribution in [0, 0.1) is 28.6 Å². The summed E-state index contributed by atoms with van der Waals surface area (Å²) in [6.07, 6.45) is 19.7. The van der Waals surface area contributed by atoms with Gasteiger partial charge in [-0.25, -0.2) is 4.39 Å². The van der Waals surface area contributed by atoms with Crippen molar-refractivity contribution in [2.75, 3.05) is 6.61 Å². The van der Waals surface area contributed by atoms with E-state index in [1.807, 2.05) is 13.8 Å². The molecule has 276 valence electrons. The molecule has 4 rings (SSSR count). The number of esters is 1. The fraction of sp³-hybridized carbons (Fsp3) is 0.800. The van der Waals surface area contributed by atoms with Crippen molar-refractivity contribution in [1.29, 1.82) is 0 Å². The van der Waals surface area contributed by atoms with E-state index in [2.05, 4.69) is 0 Å². The molecule has 3 saturated carbocycles. The average molecular weight is 689 g/mol. The molecule has 0 spiro atoms. The highest BCUT2D eigenvalue weighted by molar-refractivity contribution is 6.01. The van der Waals surface area contributed by atoms with E-state index in [1.54, 1.807) is 13.0 Å².